The number of aromatic nitrogens is 2. The topological polar surface area (TPSA) is 49.8 Å². The first kappa shape index (κ1) is 11.5. The van der Waals surface area contributed by atoms with Crippen LogP contribution in [-0.4, -0.2) is 23.1 Å². The second kappa shape index (κ2) is 4.45. The third-order valence-corrected chi connectivity index (χ3v) is 3.14. The Morgan fingerprint density at radius 3 is 2.81 bits per heavy atom. The van der Waals surface area contributed by atoms with Crippen molar-refractivity contribution in [2.75, 3.05) is 23.7 Å². The van der Waals surface area contributed by atoms with E-state index in [1.54, 1.807) is 6.20 Å². The lowest BCUT2D eigenvalue weighted by Crippen LogP contribution is -2.14. The lowest BCUT2D eigenvalue weighted by Gasteiger charge is -2.12. The highest BCUT2D eigenvalue weighted by Gasteiger charge is 2.36. The van der Waals surface area contributed by atoms with Gasteiger partial charge >= 0.3 is 0 Å². The molecule has 0 spiro atoms. The van der Waals surface area contributed by atoms with Gasteiger partial charge < -0.3 is 10.6 Å². The minimum atomic E-state index is 0.437. The van der Waals surface area contributed by atoms with Crippen LogP contribution in [0.25, 0.3) is 0 Å². The minimum absolute atomic E-state index is 0.437. The summed E-state index contributed by atoms with van der Waals surface area (Å²) < 4.78 is 0. The molecule has 2 rings (SSSR count). The highest BCUT2D eigenvalue weighted by Crippen LogP contribution is 2.44. The second-order valence-electron chi connectivity index (χ2n) is 4.58. The molecule has 1 heterocycles. The minimum Gasteiger partial charge on any atom is -0.368 e. The van der Waals surface area contributed by atoms with Gasteiger partial charge in [-0.1, -0.05) is 18.5 Å². The van der Waals surface area contributed by atoms with Crippen LogP contribution in [0.5, 0.6) is 0 Å². The first-order valence-electron chi connectivity index (χ1n) is 5.63. The molecule has 88 valence electrons. The highest BCUT2D eigenvalue weighted by atomic mass is 35.5. The van der Waals surface area contributed by atoms with Crippen molar-refractivity contribution >= 4 is 23.4 Å². The van der Waals surface area contributed by atoms with E-state index in [1.807, 2.05) is 6.92 Å². The summed E-state index contributed by atoms with van der Waals surface area (Å²) in [5, 5.41) is 6.93. The number of hydrogen-bond donors (Lipinski definition) is 2. The van der Waals surface area contributed by atoms with E-state index in [2.05, 4.69) is 27.5 Å². The van der Waals surface area contributed by atoms with Crippen molar-refractivity contribution in [2.45, 2.75) is 26.7 Å². The van der Waals surface area contributed by atoms with Crippen molar-refractivity contribution in [3.05, 3.63) is 11.2 Å². The number of anilines is 2. The summed E-state index contributed by atoms with van der Waals surface area (Å²) in [6, 6.07) is 0. The third kappa shape index (κ3) is 2.76. The smallest absolute Gasteiger partial charge is 0.224 e. The number of hydrogen-bond acceptors (Lipinski definition) is 4. The maximum atomic E-state index is 6.03. The Morgan fingerprint density at radius 1 is 1.44 bits per heavy atom. The maximum absolute atomic E-state index is 6.03. The SMILES string of the molecule is CCNc1ncc(Cl)c(NCC2(C)CC2)n1. The number of nitrogens with zero attached hydrogens (tertiary/aromatic N) is 2. The third-order valence-electron chi connectivity index (χ3n) is 2.87. The van der Waals surface area contributed by atoms with Gasteiger partial charge in [0.15, 0.2) is 5.82 Å². The Balaban J connectivity index is 2.03. The molecule has 1 aliphatic carbocycles. The molecular weight excluding hydrogens is 224 g/mol. The van der Waals surface area contributed by atoms with Crippen molar-refractivity contribution in [3.8, 4) is 0 Å². The maximum Gasteiger partial charge on any atom is 0.224 e. The van der Waals surface area contributed by atoms with E-state index >= 15 is 0 Å². The molecule has 0 aromatic carbocycles. The summed E-state index contributed by atoms with van der Waals surface area (Å²) in [5.74, 6) is 1.34. The summed E-state index contributed by atoms with van der Waals surface area (Å²) in [6.45, 7) is 6.00. The van der Waals surface area contributed by atoms with Crippen LogP contribution in [0.3, 0.4) is 0 Å². The van der Waals surface area contributed by atoms with Gasteiger partial charge in [0.1, 0.15) is 5.02 Å². The molecule has 0 saturated heterocycles. The van der Waals surface area contributed by atoms with Gasteiger partial charge in [-0.2, -0.15) is 4.98 Å². The van der Waals surface area contributed by atoms with Crippen molar-refractivity contribution in [1.82, 2.24) is 9.97 Å². The van der Waals surface area contributed by atoms with Crippen LogP contribution in [0, 0.1) is 5.41 Å². The van der Waals surface area contributed by atoms with Crippen LogP contribution < -0.4 is 10.6 Å². The van der Waals surface area contributed by atoms with E-state index < -0.39 is 0 Å². The molecule has 0 aliphatic heterocycles. The molecular formula is C11H17ClN4. The number of halogens is 1. The van der Waals surface area contributed by atoms with Gasteiger partial charge in [-0.3, -0.25) is 0 Å². The Morgan fingerprint density at radius 2 is 2.19 bits per heavy atom. The van der Waals surface area contributed by atoms with Gasteiger partial charge in [0.25, 0.3) is 0 Å². The van der Waals surface area contributed by atoms with Crippen LogP contribution in [0.1, 0.15) is 26.7 Å². The van der Waals surface area contributed by atoms with Gasteiger partial charge in [0, 0.05) is 13.1 Å². The van der Waals surface area contributed by atoms with Crippen LogP contribution in [0.15, 0.2) is 6.20 Å². The molecule has 0 amide bonds. The van der Waals surface area contributed by atoms with Crippen molar-refractivity contribution in [1.29, 1.82) is 0 Å². The molecule has 1 aromatic heterocycles. The molecule has 16 heavy (non-hydrogen) atoms. The van der Waals surface area contributed by atoms with Gasteiger partial charge in [-0.15, -0.1) is 0 Å². The molecule has 2 N–H and O–H groups in total. The van der Waals surface area contributed by atoms with E-state index in [9.17, 15) is 0 Å². The lowest BCUT2D eigenvalue weighted by molar-refractivity contribution is 0.609. The molecule has 0 unspecified atom stereocenters. The molecule has 0 atom stereocenters. The Kier molecular flexibility index (Phi) is 3.19. The van der Waals surface area contributed by atoms with E-state index in [1.165, 1.54) is 12.8 Å². The fourth-order valence-corrected chi connectivity index (χ4v) is 1.58. The second-order valence-corrected chi connectivity index (χ2v) is 4.99. The quantitative estimate of drug-likeness (QED) is 0.831. The summed E-state index contributed by atoms with van der Waals surface area (Å²) in [5.41, 5.74) is 0.437. The zero-order chi connectivity index (χ0) is 11.6. The van der Waals surface area contributed by atoms with Crippen LogP contribution >= 0.6 is 11.6 Å². The van der Waals surface area contributed by atoms with E-state index in [4.69, 9.17) is 11.6 Å². The Bertz CT molecular complexity index is 376. The largest absolute Gasteiger partial charge is 0.368 e. The van der Waals surface area contributed by atoms with E-state index in [0.717, 1.165) is 18.9 Å². The molecule has 1 saturated carbocycles. The summed E-state index contributed by atoms with van der Waals surface area (Å²) >= 11 is 6.03. The number of nitrogens with one attached hydrogen (secondary N) is 2. The zero-order valence-electron chi connectivity index (χ0n) is 9.68. The Hall–Kier alpha value is -1.03. The molecule has 4 nitrogen and oxygen atoms in total. The Labute approximate surface area is 101 Å². The molecule has 0 bridgehead atoms. The van der Waals surface area contributed by atoms with Crippen molar-refractivity contribution in [2.24, 2.45) is 5.41 Å². The lowest BCUT2D eigenvalue weighted by atomic mass is 10.1. The monoisotopic (exact) mass is 240 g/mol. The highest BCUT2D eigenvalue weighted by molar-refractivity contribution is 6.32. The predicted octanol–water partition coefficient (Wildman–Crippen LogP) is 2.77. The standard InChI is InChI=1S/C11H17ClN4/c1-3-13-10-14-6-8(12)9(16-10)15-7-11(2)4-5-11/h6H,3-5,7H2,1-2H3,(H2,13,14,15,16). The van der Waals surface area contributed by atoms with E-state index in [-0.39, 0.29) is 0 Å². The van der Waals surface area contributed by atoms with E-state index in [0.29, 0.717) is 16.4 Å². The summed E-state index contributed by atoms with van der Waals surface area (Å²) in [7, 11) is 0. The van der Waals surface area contributed by atoms with Gasteiger partial charge in [-0.05, 0) is 25.2 Å². The van der Waals surface area contributed by atoms with Gasteiger partial charge in [0.2, 0.25) is 5.95 Å². The first-order valence-corrected chi connectivity index (χ1v) is 6.01. The molecule has 0 radical (unpaired) electrons. The molecule has 5 heteroatoms. The van der Waals surface area contributed by atoms with Crippen molar-refractivity contribution in [3.63, 3.8) is 0 Å². The molecule has 1 aromatic rings. The zero-order valence-corrected chi connectivity index (χ0v) is 10.4. The molecule has 1 aliphatic rings. The summed E-state index contributed by atoms with van der Waals surface area (Å²) in [4.78, 5) is 8.42. The van der Waals surface area contributed by atoms with Crippen LogP contribution in [-0.2, 0) is 0 Å². The van der Waals surface area contributed by atoms with Gasteiger partial charge in [0.05, 0.1) is 6.20 Å². The average molecular weight is 241 g/mol. The summed E-state index contributed by atoms with van der Waals surface area (Å²) in [6.07, 6.45) is 4.19. The average Bonchev–Trinajstić information content (AvgIpc) is 2.99. The molecule has 1 fully saturated rings. The normalized spacial score (nSPS) is 16.9. The first-order chi connectivity index (χ1) is 7.63. The van der Waals surface area contributed by atoms with Crippen molar-refractivity contribution < 1.29 is 0 Å². The van der Waals surface area contributed by atoms with Crippen LogP contribution in [0.4, 0.5) is 11.8 Å². The van der Waals surface area contributed by atoms with Crippen LogP contribution in [0.2, 0.25) is 5.02 Å². The fraction of sp³-hybridized carbons (Fsp3) is 0.636. The number of rotatable bonds is 5. The fourth-order valence-electron chi connectivity index (χ4n) is 1.42. The predicted molar refractivity (Wildman–Crippen MR) is 67.0 cm³/mol. The van der Waals surface area contributed by atoms with Gasteiger partial charge in [-0.25, -0.2) is 4.98 Å².